The van der Waals surface area contributed by atoms with Crippen LogP contribution in [-0.2, 0) is 6.61 Å². The van der Waals surface area contributed by atoms with Crippen LogP contribution in [0.25, 0.3) is 0 Å². The number of nitrogens with one attached hydrogen (secondary N) is 2. The Morgan fingerprint density at radius 3 is 2.84 bits per heavy atom. The van der Waals surface area contributed by atoms with Crippen LogP contribution in [-0.4, -0.2) is 17.9 Å². The summed E-state index contributed by atoms with van der Waals surface area (Å²) in [6.07, 6.45) is 1.58. The predicted octanol–water partition coefficient (Wildman–Crippen LogP) is 4.64. The minimum absolute atomic E-state index is 0.0803. The highest BCUT2D eigenvalue weighted by atomic mass is 79.9. The second kappa shape index (κ2) is 9.70. The number of rotatable bonds is 6. The number of hydrazone groups is 1. The Bertz CT molecular complexity index is 765. The highest BCUT2D eigenvalue weighted by Crippen LogP contribution is 2.34. The van der Waals surface area contributed by atoms with Crippen LogP contribution >= 0.6 is 39.7 Å². The monoisotopic (exact) mass is 443 g/mol. The van der Waals surface area contributed by atoms with Crippen LogP contribution < -0.4 is 15.5 Å². The molecule has 25 heavy (non-hydrogen) atoms. The summed E-state index contributed by atoms with van der Waals surface area (Å²) in [6, 6.07) is 9.93. The molecule has 0 atom stereocenters. The van der Waals surface area contributed by atoms with Gasteiger partial charge in [-0.1, -0.05) is 29.8 Å². The molecule has 2 rings (SSSR count). The predicted molar refractivity (Wildman–Crippen MR) is 107 cm³/mol. The van der Waals surface area contributed by atoms with E-state index >= 15 is 0 Å². The number of hydrogen-bond acceptors (Lipinski definition) is 3. The zero-order valence-corrected chi connectivity index (χ0v) is 16.5. The van der Waals surface area contributed by atoms with Crippen molar-refractivity contribution >= 4 is 51.1 Å². The number of halogens is 3. The molecular weight excluding hydrogens is 429 g/mol. The molecule has 0 aliphatic heterocycles. The zero-order chi connectivity index (χ0) is 18.2. The standard InChI is InChI=1S/C17H16BrClFN3OS/c1-2-21-17(25)23-22-9-11-7-13(18)16(14(19)8-11)24-10-12-5-3-4-6-15(12)20/h3-9H,2,10H2,1H3,(H2,21,23,25). The van der Waals surface area contributed by atoms with Crippen molar-refractivity contribution in [1.82, 2.24) is 10.7 Å². The van der Waals surface area contributed by atoms with Crippen LogP contribution in [0.5, 0.6) is 5.75 Å². The van der Waals surface area contributed by atoms with E-state index in [0.717, 1.165) is 5.56 Å². The fourth-order valence-corrected chi connectivity index (χ4v) is 3.11. The third-order valence-corrected chi connectivity index (χ3v) is 4.17. The average Bonchev–Trinajstić information content (AvgIpc) is 2.56. The van der Waals surface area contributed by atoms with E-state index in [1.165, 1.54) is 6.07 Å². The van der Waals surface area contributed by atoms with Gasteiger partial charge in [-0.2, -0.15) is 5.10 Å². The lowest BCUT2D eigenvalue weighted by molar-refractivity contribution is 0.298. The van der Waals surface area contributed by atoms with Crippen molar-refractivity contribution in [3.8, 4) is 5.75 Å². The van der Waals surface area contributed by atoms with Crippen molar-refractivity contribution in [2.45, 2.75) is 13.5 Å². The second-order valence-corrected chi connectivity index (χ2v) is 6.59. The maximum Gasteiger partial charge on any atom is 0.186 e. The lowest BCUT2D eigenvalue weighted by Gasteiger charge is -2.11. The molecule has 0 radical (unpaired) electrons. The summed E-state index contributed by atoms with van der Waals surface area (Å²) in [6.45, 7) is 2.73. The van der Waals surface area contributed by atoms with Crippen LogP contribution in [0.15, 0.2) is 46.0 Å². The quantitative estimate of drug-likeness (QED) is 0.387. The van der Waals surface area contributed by atoms with Gasteiger partial charge in [0.15, 0.2) is 10.9 Å². The molecule has 2 N–H and O–H groups in total. The largest absolute Gasteiger partial charge is 0.486 e. The average molecular weight is 445 g/mol. The molecule has 2 aromatic rings. The summed E-state index contributed by atoms with van der Waals surface area (Å²) in [5.41, 5.74) is 3.90. The fraction of sp³-hybridized carbons (Fsp3) is 0.176. The van der Waals surface area contributed by atoms with Gasteiger partial charge in [0.05, 0.1) is 15.7 Å². The number of nitrogens with zero attached hydrogens (tertiary/aromatic N) is 1. The van der Waals surface area contributed by atoms with Crippen LogP contribution in [0, 0.1) is 5.82 Å². The molecule has 0 aliphatic carbocycles. The first-order valence-electron chi connectivity index (χ1n) is 7.43. The first-order chi connectivity index (χ1) is 12.0. The summed E-state index contributed by atoms with van der Waals surface area (Å²) < 4.78 is 20.0. The molecule has 0 aliphatic rings. The van der Waals surface area contributed by atoms with Gasteiger partial charge in [0.2, 0.25) is 0 Å². The summed E-state index contributed by atoms with van der Waals surface area (Å²) in [5.74, 6) is 0.124. The molecule has 0 saturated carbocycles. The van der Waals surface area contributed by atoms with Crippen LogP contribution in [0.4, 0.5) is 4.39 Å². The van der Waals surface area contributed by atoms with Gasteiger partial charge in [0, 0.05) is 12.1 Å². The molecule has 0 fully saturated rings. The molecule has 0 unspecified atom stereocenters. The van der Waals surface area contributed by atoms with Crippen LogP contribution in [0.3, 0.4) is 0 Å². The van der Waals surface area contributed by atoms with E-state index in [1.807, 2.05) is 6.92 Å². The van der Waals surface area contributed by atoms with E-state index < -0.39 is 0 Å². The summed E-state index contributed by atoms with van der Waals surface area (Å²) in [7, 11) is 0. The van der Waals surface area contributed by atoms with E-state index in [0.29, 0.717) is 32.5 Å². The Morgan fingerprint density at radius 1 is 1.40 bits per heavy atom. The number of ether oxygens (including phenoxy) is 1. The van der Waals surface area contributed by atoms with Gasteiger partial charge < -0.3 is 10.1 Å². The van der Waals surface area contributed by atoms with Crippen molar-refractivity contribution < 1.29 is 9.13 Å². The molecule has 2 aromatic carbocycles. The van der Waals surface area contributed by atoms with Crippen LogP contribution in [0.2, 0.25) is 5.02 Å². The van der Waals surface area contributed by atoms with Gasteiger partial charge in [-0.15, -0.1) is 0 Å². The lowest BCUT2D eigenvalue weighted by atomic mass is 10.2. The minimum atomic E-state index is -0.318. The normalized spacial score (nSPS) is 10.7. The maximum atomic E-state index is 13.7. The molecule has 0 saturated heterocycles. The summed E-state index contributed by atoms with van der Waals surface area (Å²) in [5, 5.41) is 7.78. The second-order valence-electron chi connectivity index (χ2n) is 4.92. The van der Waals surface area contributed by atoms with Crippen molar-refractivity contribution in [3.05, 3.63) is 62.8 Å². The zero-order valence-electron chi connectivity index (χ0n) is 13.4. The molecule has 0 spiro atoms. The van der Waals surface area contributed by atoms with Gasteiger partial charge >= 0.3 is 0 Å². The summed E-state index contributed by atoms with van der Waals surface area (Å²) in [4.78, 5) is 0. The Morgan fingerprint density at radius 2 is 2.16 bits per heavy atom. The van der Waals surface area contributed by atoms with E-state index in [9.17, 15) is 4.39 Å². The first kappa shape index (κ1) is 19.6. The lowest BCUT2D eigenvalue weighted by Crippen LogP contribution is -2.31. The SMILES string of the molecule is CCNC(=S)NN=Cc1cc(Cl)c(OCc2ccccc2F)c(Br)c1. The Hall–Kier alpha value is -1.70. The molecule has 0 amide bonds. The molecule has 0 aromatic heterocycles. The molecule has 0 bridgehead atoms. The topological polar surface area (TPSA) is 45.7 Å². The molecule has 0 heterocycles. The maximum absolute atomic E-state index is 13.7. The van der Waals surface area contributed by atoms with Gasteiger partial charge in [0.1, 0.15) is 12.4 Å². The molecule has 132 valence electrons. The highest BCUT2D eigenvalue weighted by Gasteiger charge is 2.10. The molecular formula is C17H16BrClFN3OS. The van der Waals surface area contributed by atoms with E-state index in [1.54, 1.807) is 36.5 Å². The number of benzene rings is 2. The fourth-order valence-electron chi connectivity index (χ4n) is 1.92. The van der Waals surface area contributed by atoms with Gasteiger partial charge in [-0.3, -0.25) is 5.43 Å². The van der Waals surface area contributed by atoms with Crippen molar-refractivity contribution in [2.24, 2.45) is 5.10 Å². The third kappa shape index (κ3) is 5.95. The Kier molecular flexibility index (Phi) is 7.61. The molecule has 8 heteroatoms. The smallest absolute Gasteiger partial charge is 0.186 e. The number of hydrogen-bond donors (Lipinski definition) is 2. The van der Waals surface area contributed by atoms with Crippen molar-refractivity contribution in [2.75, 3.05) is 6.54 Å². The third-order valence-electron chi connectivity index (χ3n) is 3.07. The van der Waals surface area contributed by atoms with E-state index in [2.05, 4.69) is 31.8 Å². The van der Waals surface area contributed by atoms with Gasteiger partial charge in [0.25, 0.3) is 0 Å². The van der Waals surface area contributed by atoms with Crippen molar-refractivity contribution in [1.29, 1.82) is 0 Å². The van der Waals surface area contributed by atoms with Gasteiger partial charge in [-0.25, -0.2) is 4.39 Å². The van der Waals surface area contributed by atoms with Crippen LogP contribution in [0.1, 0.15) is 18.1 Å². The first-order valence-corrected chi connectivity index (χ1v) is 9.01. The van der Waals surface area contributed by atoms with E-state index in [-0.39, 0.29) is 12.4 Å². The number of thiocarbonyl (C=S) groups is 1. The van der Waals surface area contributed by atoms with Crippen molar-refractivity contribution in [3.63, 3.8) is 0 Å². The summed E-state index contributed by atoms with van der Waals surface area (Å²) >= 11 is 14.7. The van der Waals surface area contributed by atoms with Gasteiger partial charge in [-0.05, 0) is 58.8 Å². The minimum Gasteiger partial charge on any atom is -0.486 e. The highest BCUT2D eigenvalue weighted by molar-refractivity contribution is 9.10. The molecule has 4 nitrogen and oxygen atoms in total. The van der Waals surface area contributed by atoms with E-state index in [4.69, 9.17) is 28.6 Å². The Labute approximate surface area is 164 Å². The Balaban J connectivity index is 2.05.